The summed E-state index contributed by atoms with van der Waals surface area (Å²) in [7, 11) is 0. The van der Waals surface area contributed by atoms with Crippen molar-refractivity contribution in [2.75, 3.05) is 19.6 Å². The van der Waals surface area contributed by atoms with E-state index in [1.165, 1.54) is 6.20 Å². The SMILES string of the molecule is CCCN(CC(C)(C)CN)C(=O)c1ccc[nH]c1=O. The number of pyridine rings is 1. The number of nitrogens with zero attached hydrogens (tertiary/aromatic N) is 1. The van der Waals surface area contributed by atoms with Gasteiger partial charge in [0.25, 0.3) is 11.5 Å². The maximum Gasteiger partial charge on any atom is 0.260 e. The van der Waals surface area contributed by atoms with Crippen LogP contribution in [-0.2, 0) is 0 Å². The summed E-state index contributed by atoms with van der Waals surface area (Å²) in [6, 6.07) is 3.21. The van der Waals surface area contributed by atoms with Crippen LogP contribution < -0.4 is 11.3 Å². The van der Waals surface area contributed by atoms with E-state index in [9.17, 15) is 9.59 Å². The van der Waals surface area contributed by atoms with Crippen LogP contribution in [0.5, 0.6) is 0 Å². The van der Waals surface area contributed by atoms with Crippen molar-refractivity contribution >= 4 is 5.91 Å². The fourth-order valence-corrected chi connectivity index (χ4v) is 1.86. The quantitative estimate of drug-likeness (QED) is 0.811. The van der Waals surface area contributed by atoms with E-state index in [1.54, 1.807) is 17.0 Å². The number of hydrogen-bond acceptors (Lipinski definition) is 3. The first-order chi connectivity index (χ1) is 8.91. The molecule has 0 aliphatic rings. The molecule has 0 aliphatic carbocycles. The maximum atomic E-state index is 12.4. The van der Waals surface area contributed by atoms with Gasteiger partial charge in [-0.3, -0.25) is 9.59 Å². The molecule has 0 saturated carbocycles. The molecule has 0 bridgehead atoms. The highest BCUT2D eigenvalue weighted by Gasteiger charge is 2.25. The molecule has 1 heterocycles. The third-order valence-electron chi connectivity index (χ3n) is 3.00. The van der Waals surface area contributed by atoms with E-state index in [2.05, 4.69) is 4.98 Å². The molecule has 19 heavy (non-hydrogen) atoms. The Hall–Kier alpha value is -1.62. The van der Waals surface area contributed by atoms with Crippen LogP contribution in [0.1, 0.15) is 37.6 Å². The molecule has 1 aromatic heterocycles. The van der Waals surface area contributed by atoms with Crippen molar-refractivity contribution in [3.8, 4) is 0 Å². The van der Waals surface area contributed by atoms with E-state index < -0.39 is 0 Å². The second-order valence-electron chi connectivity index (χ2n) is 5.51. The molecule has 0 unspecified atom stereocenters. The first kappa shape index (κ1) is 15.4. The average molecular weight is 265 g/mol. The largest absolute Gasteiger partial charge is 0.338 e. The highest BCUT2D eigenvalue weighted by molar-refractivity contribution is 5.93. The number of rotatable bonds is 6. The molecule has 0 spiro atoms. The molecule has 0 atom stereocenters. The number of nitrogens with two attached hydrogens (primary N) is 1. The Labute approximate surface area is 113 Å². The molecule has 0 aromatic carbocycles. The zero-order valence-corrected chi connectivity index (χ0v) is 11.9. The lowest BCUT2D eigenvalue weighted by atomic mass is 9.92. The molecule has 1 rings (SSSR count). The average Bonchev–Trinajstić information content (AvgIpc) is 2.38. The van der Waals surface area contributed by atoms with Crippen molar-refractivity contribution in [3.05, 3.63) is 34.2 Å². The number of nitrogens with one attached hydrogen (secondary N) is 1. The summed E-state index contributed by atoms with van der Waals surface area (Å²) in [5.41, 5.74) is 5.39. The Balaban J connectivity index is 2.97. The van der Waals surface area contributed by atoms with E-state index >= 15 is 0 Å². The van der Waals surface area contributed by atoms with Gasteiger partial charge >= 0.3 is 0 Å². The maximum absolute atomic E-state index is 12.4. The Bertz CT molecular complexity index is 480. The van der Waals surface area contributed by atoms with Crippen LogP contribution in [0.15, 0.2) is 23.1 Å². The van der Waals surface area contributed by atoms with Gasteiger partial charge in [0.05, 0.1) is 0 Å². The first-order valence-electron chi connectivity index (χ1n) is 6.58. The van der Waals surface area contributed by atoms with Crippen LogP contribution in [0.25, 0.3) is 0 Å². The van der Waals surface area contributed by atoms with Crippen molar-refractivity contribution in [1.82, 2.24) is 9.88 Å². The summed E-state index contributed by atoms with van der Waals surface area (Å²) in [5.74, 6) is -0.231. The highest BCUT2D eigenvalue weighted by atomic mass is 16.2. The first-order valence-corrected chi connectivity index (χ1v) is 6.58. The fraction of sp³-hybridized carbons (Fsp3) is 0.571. The number of carbonyl (C=O) groups excluding carboxylic acids is 1. The molecule has 0 fully saturated rings. The fourth-order valence-electron chi connectivity index (χ4n) is 1.86. The summed E-state index contributed by atoms with van der Waals surface area (Å²) in [6.07, 6.45) is 2.37. The molecule has 0 saturated heterocycles. The van der Waals surface area contributed by atoms with Crippen molar-refractivity contribution in [2.24, 2.45) is 11.1 Å². The van der Waals surface area contributed by atoms with Crippen LogP contribution in [0.4, 0.5) is 0 Å². The molecule has 106 valence electrons. The summed E-state index contributed by atoms with van der Waals surface area (Å²) in [5, 5.41) is 0. The predicted octanol–water partition coefficient (Wildman–Crippen LogP) is 1.21. The molecule has 5 nitrogen and oxygen atoms in total. The molecular weight excluding hydrogens is 242 g/mol. The lowest BCUT2D eigenvalue weighted by molar-refractivity contribution is 0.0687. The van der Waals surface area contributed by atoms with Gasteiger partial charge in [-0.2, -0.15) is 0 Å². The molecule has 0 radical (unpaired) electrons. The third kappa shape index (κ3) is 4.21. The van der Waals surface area contributed by atoms with Gasteiger partial charge in [-0.1, -0.05) is 20.8 Å². The monoisotopic (exact) mass is 265 g/mol. The van der Waals surface area contributed by atoms with Crippen LogP contribution in [0.2, 0.25) is 0 Å². The Morgan fingerprint density at radius 3 is 2.68 bits per heavy atom. The lowest BCUT2D eigenvalue weighted by Gasteiger charge is -2.31. The van der Waals surface area contributed by atoms with Gasteiger partial charge in [0.1, 0.15) is 5.56 Å². The molecule has 3 N–H and O–H groups in total. The van der Waals surface area contributed by atoms with Crippen molar-refractivity contribution < 1.29 is 4.79 Å². The molecule has 5 heteroatoms. The molecule has 1 amide bonds. The summed E-state index contributed by atoms with van der Waals surface area (Å²) < 4.78 is 0. The minimum absolute atomic E-state index is 0.160. The smallest absolute Gasteiger partial charge is 0.260 e. The van der Waals surface area contributed by atoms with E-state index in [1.807, 2.05) is 20.8 Å². The predicted molar refractivity (Wildman–Crippen MR) is 76.1 cm³/mol. The van der Waals surface area contributed by atoms with Gasteiger partial charge < -0.3 is 15.6 Å². The van der Waals surface area contributed by atoms with Crippen LogP contribution in [0, 0.1) is 5.41 Å². The standard InChI is InChI=1S/C14H23N3O2/c1-4-8-17(10-14(2,3)9-15)13(19)11-6-5-7-16-12(11)18/h5-7H,4,8-10,15H2,1-3H3,(H,16,18). The third-order valence-corrected chi connectivity index (χ3v) is 3.00. The van der Waals surface area contributed by atoms with Crippen molar-refractivity contribution in [1.29, 1.82) is 0 Å². The van der Waals surface area contributed by atoms with Gasteiger partial charge in [0, 0.05) is 19.3 Å². The van der Waals surface area contributed by atoms with Crippen LogP contribution in [-0.4, -0.2) is 35.4 Å². The molecular formula is C14H23N3O2. The van der Waals surface area contributed by atoms with Gasteiger partial charge in [0.15, 0.2) is 0 Å². The van der Waals surface area contributed by atoms with E-state index in [0.29, 0.717) is 19.6 Å². The summed E-state index contributed by atoms with van der Waals surface area (Å²) in [6.45, 7) is 7.69. The van der Waals surface area contributed by atoms with E-state index in [-0.39, 0.29) is 22.4 Å². The molecule has 1 aromatic rings. The van der Waals surface area contributed by atoms with Crippen LogP contribution >= 0.6 is 0 Å². The van der Waals surface area contributed by atoms with Crippen LogP contribution in [0.3, 0.4) is 0 Å². The minimum Gasteiger partial charge on any atom is -0.338 e. The Kier molecular flexibility index (Phi) is 5.30. The number of carbonyl (C=O) groups is 1. The highest BCUT2D eigenvalue weighted by Crippen LogP contribution is 2.16. The number of aromatic amines is 1. The number of amides is 1. The lowest BCUT2D eigenvalue weighted by Crippen LogP contribution is -2.43. The number of H-pyrrole nitrogens is 1. The summed E-state index contributed by atoms with van der Waals surface area (Å²) in [4.78, 5) is 28.3. The normalized spacial score (nSPS) is 11.4. The zero-order chi connectivity index (χ0) is 14.5. The Morgan fingerprint density at radius 2 is 2.16 bits per heavy atom. The van der Waals surface area contributed by atoms with Crippen molar-refractivity contribution in [2.45, 2.75) is 27.2 Å². The van der Waals surface area contributed by atoms with E-state index in [0.717, 1.165) is 6.42 Å². The minimum atomic E-state index is -0.348. The summed E-state index contributed by atoms with van der Waals surface area (Å²) >= 11 is 0. The van der Waals surface area contributed by atoms with Gasteiger partial charge in [-0.15, -0.1) is 0 Å². The topological polar surface area (TPSA) is 79.2 Å². The zero-order valence-electron chi connectivity index (χ0n) is 11.9. The van der Waals surface area contributed by atoms with E-state index in [4.69, 9.17) is 5.73 Å². The second kappa shape index (κ2) is 6.52. The van der Waals surface area contributed by atoms with Gasteiger partial charge in [0.2, 0.25) is 0 Å². The second-order valence-corrected chi connectivity index (χ2v) is 5.51. The van der Waals surface area contributed by atoms with Gasteiger partial charge in [-0.05, 0) is 30.5 Å². The Morgan fingerprint density at radius 1 is 1.47 bits per heavy atom. The number of hydrogen-bond donors (Lipinski definition) is 2. The molecule has 0 aliphatic heterocycles. The number of aromatic nitrogens is 1. The van der Waals surface area contributed by atoms with Gasteiger partial charge in [-0.25, -0.2) is 0 Å². The van der Waals surface area contributed by atoms with Crippen molar-refractivity contribution in [3.63, 3.8) is 0 Å².